The molecule has 0 aliphatic rings. The minimum atomic E-state index is -0.539. The third-order valence-electron chi connectivity index (χ3n) is 2.33. The normalized spacial score (nSPS) is 10.3. The molecule has 1 aromatic heterocycles. The molecule has 0 saturated carbocycles. The van der Waals surface area contributed by atoms with Gasteiger partial charge in [0.15, 0.2) is 0 Å². The molecule has 0 fully saturated rings. The van der Waals surface area contributed by atoms with Crippen molar-refractivity contribution in [2.75, 3.05) is 5.32 Å². The summed E-state index contributed by atoms with van der Waals surface area (Å²) in [5.41, 5.74) is 6.33. The molecule has 3 nitrogen and oxygen atoms in total. The molecule has 1 aromatic carbocycles. The zero-order valence-corrected chi connectivity index (χ0v) is 11.6. The number of nitrogens with two attached hydrogens (primary N) is 1. The van der Waals surface area contributed by atoms with Crippen LogP contribution in [0, 0.1) is 0 Å². The van der Waals surface area contributed by atoms with Crippen LogP contribution in [0.1, 0.15) is 15.2 Å². The molecular formula is C12H10Cl2N2OS. The summed E-state index contributed by atoms with van der Waals surface area (Å²) in [6.45, 7) is 0.636. The Hall–Kier alpha value is -1.23. The molecule has 0 aliphatic carbocycles. The van der Waals surface area contributed by atoms with Gasteiger partial charge in [-0.3, -0.25) is 4.79 Å². The van der Waals surface area contributed by atoms with E-state index in [4.69, 9.17) is 28.9 Å². The number of thiophene rings is 1. The Bertz CT molecular complexity index is 583. The minimum absolute atomic E-state index is 0.311. The number of primary amides is 1. The molecule has 0 bridgehead atoms. The van der Waals surface area contributed by atoms with E-state index in [1.807, 2.05) is 12.1 Å². The fourth-order valence-corrected chi connectivity index (χ4v) is 2.70. The minimum Gasteiger partial charge on any atom is -0.380 e. The van der Waals surface area contributed by atoms with Gasteiger partial charge in [0, 0.05) is 17.1 Å². The summed E-state index contributed by atoms with van der Waals surface area (Å²) < 4.78 is 0.751. The van der Waals surface area contributed by atoms with Gasteiger partial charge in [-0.25, -0.2) is 0 Å². The van der Waals surface area contributed by atoms with Crippen LogP contribution in [0.3, 0.4) is 0 Å². The lowest BCUT2D eigenvalue weighted by molar-refractivity contribution is 0.100. The van der Waals surface area contributed by atoms with E-state index in [0.29, 0.717) is 17.1 Å². The van der Waals surface area contributed by atoms with Crippen molar-refractivity contribution in [3.63, 3.8) is 0 Å². The fraction of sp³-hybridized carbons (Fsp3) is 0.0833. The van der Waals surface area contributed by atoms with Gasteiger partial charge in [-0.15, -0.1) is 11.3 Å². The van der Waals surface area contributed by atoms with Gasteiger partial charge >= 0.3 is 0 Å². The molecule has 1 amide bonds. The first-order valence-electron chi connectivity index (χ1n) is 5.13. The summed E-state index contributed by atoms with van der Waals surface area (Å²) in [6.07, 6.45) is 0. The van der Waals surface area contributed by atoms with Gasteiger partial charge in [0.1, 0.15) is 0 Å². The number of carbonyl (C=O) groups excluding carboxylic acids is 1. The van der Waals surface area contributed by atoms with Gasteiger partial charge in [0.25, 0.3) is 0 Å². The Labute approximate surface area is 119 Å². The summed E-state index contributed by atoms with van der Waals surface area (Å²) in [7, 11) is 0. The van der Waals surface area contributed by atoms with Crippen molar-refractivity contribution in [3.05, 3.63) is 50.1 Å². The molecule has 0 unspecified atom stereocenters. The lowest BCUT2D eigenvalue weighted by atomic mass is 10.2. The zero-order valence-electron chi connectivity index (χ0n) is 9.24. The highest BCUT2D eigenvalue weighted by Crippen LogP contribution is 2.24. The van der Waals surface area contributed by atoms with Crippen LogP contribution in [0.15, 0.2) is 30.3 Å². The van der Waals surface area contributed by atoms with Gasteiger partial charge in [-0.1, -0.05) is 23.2 Å². The Kier molecular flexibility index (Phi) is 4.11. The zero-order chi connectivity index (χ0) is 13.1. The molecule has 18 heavy (non-hydrogen) atoms. The van der Waals surface area contributed by atoms with Gasteiger partial charge in [0.05, 0.1) is 14.9 Å². The summed E-state index contributed by atoms with van der Waals surface area (Å²) in [4.78, 5) is 12.3. The van der Waals surface area contributed by atoms with E-state index in [1.54, 1.807) is 18.2 Å². The third kappa shape index (κ3) is 3.16. The number of amides is 1. The maximum absolute atomic E-state index is 11.1. The lowest BCUT2D eigenvalue weighted by Crippen LogP contribution is -2.12. The van der Waals surface area contributed by atoms with E-state index in [0.717, 1.165) is 14.9 Å². The SMILES string of the molecule is NC(=O)c1cc(NCc2ccc(Cl)s2)ccc1Cl. The van der Waals surface area contributed by atoms with Crippen LogP contribution >= 0.6 is 34.5 Å². The molecule has 0 spiro atoms. The number of anilines is 1. The molecular weight excluding hydrogens is 291 g/mol. The van der Waals surface area contributed by atoms with Crippen molar-refractivity contribution in [1.82, 2.24) is 0 Å². The molecule has 2 rings (SSSR count). The lowest BCUT2D eigenvalue weighted by Gasteiger charge is -2.07. The summed E-state index contributed by atoms with van der Waals surface area (Å²) >= 11 is 13.2. The predicted octanol–water partition coefficient (Wildman–Crippen LogP) is 3.77. The van der Waals surface area contributed by atoms with Crippen LogP contribution in [0.2, 0.25) is 9.36 Å². The van der Waals surface area contributed by atoms with Crippen LogP contribution in [0.5, 0.6) is 0 Å². The van der Waals surface area contributed by atoms with E-state index in [9.17, 15) is 4.79 Å². The quantitative estimate of drug-likeness (QED) is 0.903. The average Bonchev–Trinajstić information content (AvgIpc) is 2.74. The van der Waals surface area contributed by atoms with Gasteiger partial charge in [0.2, 0.25) is 5.91 Å². The number of hydrogen-bond acceptors (Lipinski definition) is 3. The van der Waals surface area contributed by atoms with Crippen LogP contribution in [-0.2, 0) is 6.54 Å². The van der Waals surface area contributed by atoms with Crippen LogP contribution in [0.4, 0.5) is 5.69 Å². The molecule has 0 radical (unpaired) electrons. The second-order valence-corrected chi connectivity index (χ2v) is 5.83. The van der Waals surface area contributed by atoms with Crippen molar-refractivity contribution in [1.29, 1.82) is 0 Å². The van der Waals surface area contributed by atoms with Crippen molar-refractivity contribution < 1.29 is 4.79 Å². The molecule has 0 saturated heterocycles. The molecule has 6 heteroatoms. The topological polar surface area (TPSA) is 55.1 Å². The maximum Gasteiger partial charge on any atom is 0.250 e. The molecule has 3 N–H and O–H groups in total. The Morgan fingerprint density at radius 3 is 2.67 bits per heavy atom. The molecule has 1 heterocycles. The van der Waals surface area contributed by atoms with Gasteiger partial charge < -0.3 is 11.1 Å². The van der Waals surface area contributed by atoms with E-state index in [-0.39, 0.29) is 0 Å². The first kappa shape index (κ1) is 13.2. The highest BCUT2D eigenvalue weighted by atomic mass is 35.5. The predicted molar refractivity (Wildman–Crippen MR) is 76.6 cm³/mol. The Morgan fingerprint density at radius 2 is 2.06 bits per heavy atom. The van der Waals surface area contributed by atoms with Gasteiger partial charge in [-0.05, 0) is 30.3 Å². The number of rotatable bonds is 4. The van der Waals surface area contributed by atoms with Crippen molar-refractivity contribution in [2.24, 2.45) is 5.73 Å². The number of nitrogens with one attached hydrogen (secondary N) is 1. The fourth-order valence-electron chi connectivity index (χ4n) is 1.46. The standard InChI is InChI=1S/C12H10Cl2N2OS/c13-10-3-1-7(5-9(10)12(15)17)16-6-8-2-4-11(14)18-8/h1-5,16H,6H2,(H2,15,17). The second-order valence-electron chi connectivity index (χ2n) is 3.62. The molecule has 0 aliphatic heterocycles. The average molecular weight is 301 g/mol. The largest absolute Gasteiger partial charge is 0.380 e. The summed E-state index contributed by atoms with van der Waals surface area (Å²) in [5, 5.41) is 3.54. The molecule has 2 aromatic rings. The second kappa shape index (κ2) is 5.61. The highest BCUT2D eigenvalue weighted by Gasteiger charge is 2.07. The summed E-state index contributed by atoms with van der Waals surface area (Å²) in [6, 6.07) is 8.88. The maximum atomic E-state index is 11.1. The Morgan fingerprint density at radius 1 is 1.28 bits per heavy atom. The van der Waals surface area contributed by atoms with Crippen molar-refractivity contribution >= 4 is 46.1 Å². The van der Waals surface area contributed by atoms with Crippen LogP contribution in [-0.4, -0.2) is 5.91 Å². The van der Waals surface area contributed by atoms with Gasteiger partial charge in [-0.2, -0.15) is 0 Å². The third-order valence-corrected chi connectivity index (χ3v) is 3.89. The molecule has 94 valence electrons. The van der Waals surface area contributed by atoms with Crippen molar-refractivity contribution in [3.8, 4) is 0 Å². The van der Waals surface area contributed by atoms with E-state index in [2.05, 4.69) is 5.32 Å². The van der Waals surface area contributed by atoms with Crippen molar-refractivity contribution in [2.45, 2.75) is 6.54 Å². The van der Waals surface area contributed by atoms with Crippen LogP contribution in [0.25, 0.3) is 0 Å². The highest BCUT2D eigenvalue weighted by molar-refractivity contribution is 7.16. The number of hydrogen-bond donors (Lipinski definition) is 2. The smallest absolute Gasteiger partial charge is 0.250 e. The van der Waals surface area contributed by atoms with E-state index in [1.165, 1.54) is 11.3 Å². The number of benzene rings is 1. The van der Waals surface area contributed by atoms with E-state index < -0.39 is 5.91 Å². The summed E-state index contributed by atoms with van der Waals surface area (Å²) in [5.74, 6) is -0.539. The Balaban J connectivity index is 2.10. The number of carbonyl (C=O) groups is 1. The first-order valence-corrected chi connectivity index (χ1v) is 6.71. The monoisotopic (exact) mass is 300 g/mol. The molecule has 0 atom stereocenters. The number of halogens is 2. The first-order chi connectivity index (χ1) is 8.56. The van der Waals surface area contributed by atoms with E-state index >= 15 is 0 Å². The van der Waals surface area contributed by atoms with Crippen LogP contribution < -0.4 is 11.1 Å².